The molecule has 94 valence electrons. The third-order valence-electron chi connectivity index (χ3n) is 3.68. The zero-order chi connectivity index (χ0) is 12.5. The van der Waals surface area contributed by atoms with E-state index in [1.54, 1.807) is 0 Å². The van der Waals surface area contributed by atoms with Crippen LogP contribution in [-0.2, 0) is 0 Å². The Hall–Kier alpha value is -1.81. The van der Waals surface area contributed by atoms with Gasteiger partial charge in [-0.3, -0.25) is 4.79 Å². The zero-order valence-electron chi connectivity index (χ0n) is 10.5. The quantitative estimate of drug-likeness (QED) is 0.817. The number of rotatable bonds is 2. The average Bonchev–Trinajstić information content (AvgIpc) is 2.87. The van der Waals surface area contributed by atoms with Gasteiger partial charge in [0, 0.05) is 43.3 Å². The summed E-state index contributed by atoms with van der Waals surface area (Å²) in [4.78, 5) is 19.1. The van der Waals surface area contributed by atoms with E-state index < -0.39 is 0 Å². The van der Waals surface area contributed by atoms with Crippen molar-refractivity contribution in [3.63, 3.8) is 0 Å². The molecule has 0 bridgehead atoms. The van der Waals surface area contributed by atoms with E-state index in [-0.39, 0.29) is 0 Å². The van der Waals surface area contributed by atoms with Crippen LogP contribution in [0.15, 0.2) is 24.4 Å². The molecule has 0 unspecified atom stereocenters. The number of fused-ring (bicyclic) bond motifs is 1. The molecule has 0 spiro atoms. The summed E-state index contributed by atoms with van der Waals surface area (Å²) < 4.78 is 0. The first-order chi connectivity index (χ1) is 8.79. The fourth-order valence-electron chi connectivity index (χ4n) is 2.59. The first-order valence-electron chi connectivity index (χ1n) is 6.28. The summed E-state index contributed by atoms with van der Waals surface area (Å²) in [6.45, 7) is 4.01. The van der Waals surface area contributed by atoms with E-state index in [1.165, 1.54) is 0 Å². The fourth-order valence-corrected chi connectivity index (χ4v) is 2.59. The van der Waals surface area contributed by atoms with Crippen molar-refractivity contribution >= 4 is 22.9 Å². The molecule has 2 heterocycles. The molecular formula is C14H17N3O. The molecule has 4 heteroatoms. The van der Waals surface area contributed by atoms with Crippen LogP contribution in [0.1, 0.15) is 10.4 Å². The lowest BCUT2D eigenvalue weighted by molar-refractivity contribution is 0.112. The molecule has 3 rings (SSSR count). The summed E-state index contributed by atoms with van der Waals surface area (Å²) in [6.07, 6.45) is 2.88. The smallest absolute Gasteiger partial charge is 0.152 e. The Balaban J connectivity index is 2.08. The van der Waals surface area contributed by atoms with E-state index in [0.29, 0.717) is 0 Å². The van der Waals surface area contributed by atoms with Gasteiger partial charge in [-0.05, 0) is 19.2 Å². The number of benzene rings is 1. The minimum atomic E-state index is 0.773. The van der Waals surface area contributed by atoms with Crippen LogP contribution in [0, 0.1) is 0 Å². The van der Waals surface area contributed by atoms with Gasteiger partial charge in [0.2, 0.25) is 0 Å². The minimum absolute atomic E-state index is 0.773. The highest BCUT2D eigenvalue weighted by Crippen LogP contribution is 2.29. The minimum Gasteiger partial charge on any atom is -0.367 e. The molecule has 0 aliphatic carbocycles. The largest absolute Gasteiger partial charge is 0.367 e. The van der Waals surface area contributed by atoms with Gasteiger partial charge in [0.15, 0.2) is 6.29 Å². The molecule has 1 aliphatic heterocycles. The lowest BCUT2D eigenvalue weighted by atomic mass is 10.1. The molecule has 2 aromatic rings. The lowest BCUT2D eigenvalue weighted by Gasteiger charge is -2.35. The number of nitrogens with one attached hydrogen (secondary N) is 1. The summed E-state index contributed by atoms with van der Waals surface area (Å²) in [5.41, 5.74) is 2.90. The zero-order valence-corrected chi connectivity index (χ0v) is 10.5. The Bertz CT molecular complexity index is 567. The molecular weight excluding hydrogens is 226 g/mol. The lowest BCUT2D eigenvalue weighted by Crippen LogP contribution is -2.44. The topological polar surface area (TPSA) is 39.3 Å². The second kappa shape index (κ2) is 4.46. The Kier molecular flexibility index (Phi) is 2.80. The summed E-state index contributed by atoms with van der Waals surface area (Å²) in [5, 5.41) is 1.16. The first-order valence-corrected chi connectivity index (χ1v) is 6.28. The maximum atomic E-state index is 11.2. The van der Waals surface area contributed by atoms with Crippen LogP contribution in [-0.4, -0.2) is 49.4 Å². The van der Waals surface area contributed by atoms with Crippen molar-refractivity contribution < 1.29 is 4.79 Å². The molecule has 1 aliphatic rings. The van der Waals surface area contributed by atoms with Gasteiger partial charge in [-0.25, -0.2) is 0 Å². The van der Waals surface area contributed by atoms with E-state index in [0.717, 1.165) is 54.6 Å². The Morgan fingerprint density at radius 1 is 1.17 bits per heavy atom. The molecule has 1 saturated heterocycles. The molecule has 1 fully saturated rings. The van der Waals surface area contributed by atoms with Gasteiger partial charge < -0.3 is 14.8 Å². The van der Waals surface area contributed by atoms with Crippen LogP contribution < -0.4 is 4.90 Å². The number of nitrogens with zero attached hydrogens (tertiary/aromatic N) is 2. The second-order valence-corrected chi connectivity index (χ2v) is 4.85. The van der Waals surface area contributed by atoms with Gasteiger partial charge in [0.25, 0.3) is 0 Å². The maximum Gasteiger partial charge on any atom is 0.152 e. The Morgan fingerprint density at radius 2 is 1.94 bits per heavy atom. The number of carbonyl (C=O) groups excluding carboxylic acids is 1. The number of piperazine rings is 1. The van der Waals surface area contributed by atoms with E-state index in [1.807, 2.05) is 24.4 Å². The number of anilines is 1. The molecule has 0 radical (unpaired) electrons. The number of aromatic amines is 1. The van der Waals surface area contributed by atoms with Gasteiger partial charge in [-0.1, -0.05) is 6.07 Å². The summed E-state index contributed by atoms with van der Waals surface area (Å²) in [7, 11) is 2.13. The summed E-state index contributed by atoms with van der Waals surface area (Å²) in [5.74, 6) is 0. The Morgan fingerprint density at radius 3 is 2.67 bits per heavy atom. The molecule has 18 heavy (non-hydrogen) atoms. The fraction of sp³-hybridized carbons (Fsp3) is 0.357. The third kappa shape index (κ3) is 1.78. The van der Waals surface area contributed by atoms with Gasteiger partial charge in [0.05, 0.1) is 11.2 Å². The van der Waals surface area contributed by atoms with E-state index >= 15 is 0 Å². The van der Waals surface area contributed by atoms with Crippen molar-refractivity contribution in [2.24, 2.45) is 0 Å². The van der Waals surface area contributed by atoms with E-state index in [4.69, 9.17) is 0 Å². The van der Waals surface area contributed by atoms with Gasteiger partial charge in [-0.2, -0.15) is 0 Å². The van der Waals surface area contributed by atoms with E-state index in [9.17, 15) is 4.79 Å². The number of hydrogen-bond donors (Lipinski definition) is 1. The Labute approximate surface area is 106 Å². The number of H-pyrrole nitrogens is 1. The molecule has 1 N–H and O–H groups in total. The predicted octanol–water partition coefficient (Wildman–Crippen LogP) is 1.73. The SMILES string of the molecule is CN1CCN(c2c(C=O)ccc3cc[nH]c23)CC1. The molecule has 0 atom stereocenters. The molecule has 4 nitrogen and oxygen atoms in total. The number of likely N-dealkylation sites (N-methyl/N-ethyl adjacent to an activating group) is 1. The number of aldehydes is 1. The standard InChI is InChI=1S/C14H17N3O/c1-16-6-8-17(9-7-16)14-12(10-18)3-2-11-4-5-15-13(11)14/h2-5,10,15H,6-9H2,1H3. The highest BCUT2D eigenvalue weighted by molar-refractivity contribution is 6.00. The van der Waals surface area contributed by atoms with Crippen molar-refractivity contribution in [1.29, 1.82) is 0 Å². The summed E-state index contributed by atoms with van der Waals surface area (Å²) in [6, 6.07) is 5.95. The van der Waals surface area contributed by atoms with Crippen molar-refractivity contribution in [3.8, 4) is 0 Å². The van der Waals surface area contributed by atoms with Crippen LogP contribution in [0.5, 0.6) is 0 Å². The van der Waals surface area contributed by atoms with Gasteiger partial charge >= 0.3 is 0 Å². The highest BCUT2D eigenvalue weighted by Gasteiger charge is 2.19. The van der Waals surface area contributed by atoms with Crippen LogP contribution in [0.4, 0.5) is 5.69 Å². The summed E-state index contributed by atoms with van der Waals surface area (Å²) >= 11 is 0. The molecule has 0 amide bonds. The third-order valence-corrected chi connectivity index (χ3v) is 3.68. The number of hydrogen-bond acceptors (Lipinski definition) is 3. The highest BCUT2D eigenvalue weighted by atomic mass is 16.1. The van der Waals surface area contributed by atoms with Crippen LogP contribution in [0.2, 0.25) is 0 Å². The molecule has 0 saturated carbocycles. The van der Waals surface area contributed by atoms with Crippen molar-refractivity contribution in [2.45, 2.75) is 0 Å². The normalized spacial score (nSPS) is 17.3. The van der Waals surface area contributed by atoms with Gasteiger partial charge in [-0.15, -0.1) is 0 Å². The maximum absolute atomic E-state index is 11.2. The average molecular weight is 243 g/mol. The first kappa shape index (κ1) is 11.3. The van der Waals surface area contributed by atoms with Crippen molar-refractivity contribution in [3.05, 3.63) is 30.0 Å². The van der Waals surface area contributed by atoms with E-state index in [2.05, 4.69) is 21.8 Å². The van der Waals surface area contributed by atoms with Crippen molar-refractivity contribution in [1.82, 2.24) is 9.88 Å². The predicted molar refractivity (Wildman–Crippen MR) is 73.4 cm³/mol. The molecule has 1 aromatic carbocycles. The second-order valence-electron chi connectivity index (χ2n) is 4.85. The van der Waals surface area contributed by atoms with Crippen LogP contribution in [0.3, 0.4) is 0 Å². The number of aromatic nitrogens is 1. The monoisotopic (exact) mass is 243 g/mol. The number of carbonyl (C=O) groups is 1. The van der Waals surface area contributed by atoms with Crippen molar-refractivity contribution in [2.75, 3.05) is 38.1 Å². The van der Waals surface area contributed by atoms with Gasteiger partial charge in [0.1, 0.15) is 0 Å². The van der Waals surface area contributed by atoms with Crippen LogP contribution in [0.25, 0.3) is 10.9 Å². The van der Waals surface area contributed by atoms with Crippen LogP contribution >= 0.6 is 0 Å². The molecule has 1 aromatic heterocycles.